The summed E-state index contributed by atoms with van der Waals surface area (Å²) >= 11 is 0. The molecule has 1 fully saturated rings. The molecule has 2 heterocycles. The lowest BCUT2D eigenvalue weighted by molar-refractivity contribution is -0.123. The number of nitrogens with one attached hydrogen (secondary N) is 2. The van der Waals surface area contributed by atoms with Gasteiger partial charge in [-0.1, -0.05) is 79.9 Å². The zero-order valence-corrected chi connectivity index (χ0v) is 22.6. The van der Waals surface area contributed by atoms with E-state index in [2.05, 4.69) is 15.3 Å². The minimum atomic E-state index is -1.04. The molecule has 0 saturated heterocycles. The number of para-hydroxylation sites is 1. The minimum absolute atomic E-state index is 0.0287. The van der Waals surface area contributed by atoms with Crippen LogP contribution < -0.4 is 10.2 Å². The van der Waals surface area contributed by atoms with Crippen LogP contribution in [-0.4, -0.2) is 27.8 Å². The van der Waals surface area contributed by atoms with Gasteiger partial charge in [0.2, 0.25) is 5.91 Å². The second-order valence-corrected chi connectivity index (χ2v) is 10.5. The van der Waals surface area contributed by atoms with Gasteiger partial charge in [0.15, 0.2) is 0 Å². The maximum Gasteiger partial charge on any atom is 0.275 e. The van der Waals surface area contributed by atoms with Crippen molar-refractivity contribution in [3.05, 3.63) is 120 Å². The van der Waals surface area contributed by atoms with Gasteiger partial charge in [0, 0.05) is 17.1 Å². The Morgan fingerprint density at radius 3 is 2.39 bits per heavy atom. The van der Waals surface area contributed by atoms with Crippen LogP contribution in [0.1, 0.15) is 54.2 Å². The number of aromatic nitrogens is 2. The van der Waals surface area contributed by atoms with E-state index in [-0.39, 0.29) is 11.9 Å². The van der Waals surface area contributed by atoms with E-state index in [1.165, 1.54) is 17.0 Å². The first-order valence-electron chi connectivity index (χ1n) is 14.1. The van der Waals surface area contributed by atoms with Crippen molar-refractivity contribution >= 4 is 28.4 Å². The minimum Gasteiger partial charge on any atom is -0.351 e. The maximum atomic E-state index is 14.4. The average molecular weight is 547 g/mol. The fourth-order valence-electron chi connectivity index (χ4n) is 5.60. The third-order valence-electron chi connectivity index (χ3n) is 7.72. The van der Waals surface area contributed by atoms with Gasteiger partial charge in [0.05, 0.1) is 17.4 Å². The molecule has 0 spiro atoms. The summed E-state index contributed by atoms with van der Waals surface area (Å²) in [6, 6.07) is 27.6. The molecule has 1 aliphatic rings. The monoisotopic (exact) mass is 546 g/mol. The standard InChI is InChI=1S/C34H31FN4O2/c35-26-17-15-24(16-18-26)32(33(40)37-27-12-5-2-6-13-27)39(28-21-25-11-7-8-14-29(25)36-22-28)34(41)31-20-19-30(38-31)23-9-3-1-4-10-23/h1,3-4,7-11,14-22,27,32,38H,2,5-6,12-13H2,(H,37,40)/t32-/m0/s1. The number of benzene rings is 3. The summed E-state index contributed by atoms with van der Waals surface area (Å²) in [7, 11) is 0. The van der Waals surface area contributed by atoms with Gasteiger partial charge in [-0.05, 0) is 60.4 Å². The van der Waals surface area contributed by atoms with Crippen LogP contribution in [0.15, 0.2) is 103 Å². The third-order valence-corrected chi connectivity index (χ3v) is 7.72. The summed E-state index contributed by atoms with van der Waals surface area (Å²) in [6.45, 7) is 0. The average Bonchev–Trinajstić information content (AvgIpc) is 3.51. The van der Waals surface area contributed by atoms with Crippen LogP contribution in [0.4, 0.5) is 10.1 Å². The maximum absolute atomic E-state index is 14.4. The summed E-state index contributed by atoms with van der Waals surface area (Å²) in [4.78, 5) is 37.9. The first kappa shape index (κ1) is 26.4. The van der Waals surface area contributed by atoms with E-state index >= 15 is 0 Å². The zero-order chi connectivity index (χ0) is 28.2. The molecule has 0 unspecified atom stereocenters. The van der Waals surface area contributed by atoms with Crippen LogP contribution in [0.5, 0.6) is 0 Å². The van der Waals surface area contributed by atoms with Gasteiger partial charge in [0.1, 0.15) is 17.6 Å². The van der Waals surface area contributed by atoms with E-state index in [1.807, 2.05) is 66.7 Å². The molecule has 2 amide bonds. The molecule has 6 rings (SSSR count). The van der Waals surface area contributed by atoms with E-state index in [0.29, 0.717) is 16.9 Å². The van der Waals surface area contributed by atoms with Crippen LogP contribution in [0.3, 0.4) is 0 Å². The van der Waals surface area contributed by atoms with Gasteiger partial charge in [-0.25, -0.2) is 4.39 Å². The number of hydrogen-bond donors (Lipinski definition) is 2. The molecule has 1 atom stereocenters. The van der Waals surface area contributed by atoms with E-state index < -0.39 is 17.8 Å². The van der Waals surface area contributed by atoms with Crippen molar-refractivity contribution in [3.8, 4) is 11.3 Å². The number of nitrogens with zero attached hydrogens (tertiary/aromatic N) is 2. The summed E-state index contributed by atoms with van der Waals surface area (Å²) in [5.41, 5.74) is 3.81. The number of anilines is 1. The summed E-state index contributed by atoms with van der Waals surface area (Å²) in [5.74, 6) is -1.11. The largest absolute Gasteiger partial charge is 0.351 e. The SMILES string of the molecule is O=C(NC1CCCCC1)[C@H](c1ccc(F)cc1)N(C(=O)c1ccc(-c2ccccc2)[nH]1)c1cnc2ccccc2c1. The number of rotatable bonds is 7. The molecule has 1 aliphatic carbocycles. The Hall–Kier alpha value is -4.78. The first-order chi connectivity index (χ1) is 20.1. The molecule has 2 aromatic heterocycles. The highest BCUT2D eigenvalue weighted by atomic mass is 19.1. The molecular formula is C34H31FN4O2. The van der Waals surface area contributed by atoms with Gasteiger partial charge in [-0.3, -0.25) is 19.5 Å². The van der Waals surface area contributed by atoms with Gasteiger partial charge in [0.25, 0.3) is 5.91 Å². The Kier molecular flexibility index (Phi) is 7.58. The third kappa shape index (κ3) is 5.75. The molecule has 41 heavy (non-hydrogen) atoms. The van der Waals surface area contributed by atoms with Gasteiger partial charge < -0.3 is 10.3 Å². The molecule has 0 radical (unpaired) electrons. The smallest absolute Gasteiger partial charge is 0.275 e. The summed E-state index contributed by atoms with van der Waals surface area (Å²) in [5, 5.41) is 4.04. The molecule has 1 saturated carbocycles. The molecule has 2 N–H and O–H groups in total. The van der Waals surface area contributed by atoms with Crippen molar-refractivity contribution < 1.29 is 14.0 Å². The van der Waals surface area contributed by atoms with Gasteiger partial charge >= 0.3 is 0 Å². The molecular weight excluding hydrogens is 515 g/mol. The second kappa shape index (κ2) is 11.8. The fraction of sp³-hybridized carbons (Fsp3) is 0.206. The quantitative estimate of drug-likeness (QED) is 0.227. The van der Waals surface area contributed by atoms with Crippen LogP contribution in [-0.2, 0) is 4.79 Å². The van der Waals surface area contributed by atoms with E-state index in [4.69, 9.17) is 0 Å². The Balaban J connectivity index is 1.46. The highest BCUT2D eigenvalue weighted by Crippen LogP contribution is 2.32. The Labute approximate surface area is 238 Å². The second-order valence-electron chi connectivity index (χ2n) is 10.5. The predicted octanol–water partition coefficient (Wildman–Crippen LogP) is 7.21. The number of aromatic amines is 1. The van der Waals surface area contributed by atoms with Crippen molar-refractivity contribution in [1.82, 2.24) is 15.3 Å². The van der Waals surface area contributed by atoms with Gasteiger partial charge in [-0.15, -0.1) is 0 Å². The van der Waals surface area contributed by atoms with Crippen molar-refractivity contribution in [2.24, 2.45) is 0 Å². The van der Waals surface area contributed by atoms with Crippen molar-refractivity contribution in [3.63, 3.8) is 0 Å². The number of H-pyrrole nitrogens is 1. The number of carbonyl (C=O) groups is 2. The van der Waals surface area contributed by atoms with Crippen LogP contribution >= 0.6 is 0 Å². The number of carbonyl (C=O) groups excluding carboxylic acids is 2. The number of halogens is 1. The Morgan fingerprint density at radius 2 is 1.61 bits per heavy atom. The number of amides is 2. The molecule has 0 bridgehead atoms. The highest BCUT2D eigenvalue weighted by molar-refractivity contribution is 6.10. The molecule has 206 valence electrons. The summed E-state index contributed by atoms with van der Waals surface area (Å²) in [6.07, 6.45) is 6.65. The lowest BCUT2D eigenvalue weighted by Crippen LogP contribution is -2.47. The molecule has 3 aromatic carbocycles. The molecule has 5 aromatic rings. The van der Waals surface area contributed by atoms with Crippen molar-refractivity contribution in [2.45, 2.75) is 44.2 Å². The van der Waals surface area contributed by atoms with Gasteiger partial charge in [-0.2, -0.15) is 0 Å². The van der Waals surface area contributed by atoms with Crippen molar-refractivity contribution in [1.29, 1.82) is 0 Å². The van der Waals surface area contributed by atoms with E-state index in [1.54, 1.807) is 24.4 Å². The number of pyridine rings is 1. The Bertz CT molecular complexity index is 1660. The number of fused-ring (bicyclic) bond motifs is 1. The topological polar surface area (TPSA) is 78.1 Å². The normalized spacial score (nSPS) is 14.5. The zero-order valence-electron chi connectivity index (χ0n) is 22.6. The molecule has 6 nitrogen and oxygen atoms in total. The van der Waals surface area contributed by atoms with Crippen molar-refractivity contribution in [2.75, 3.05) is 4.90 Å². The Morgan fingerprint density at radius 1 is 0.878 bits per heavy atom. The van der Waals surface area contributed by atoms with Crippen LogP contribution in [0.2, 0.25) is 0 Å². The number of hydrogen-bond acceptors (Lipinski definition) is 3. The van der Waals surface area contributed by atoms with E-state index in [9.17, 15) is 14.0 Å². The van der Waals surface area contributed by atoms with Crippen LogP contribution in [0, 0.1) is 5.82 Å². The first-order valence-corrected chi connectivity index (χ1v) is 14.1. The fourth-order valence-corrected chi connectivity index (χ4v) is 5.60. The van der Waals surface area contributed by atoms with E-state index in [0.717, 1.165) is 54.3 Å². The summed E-state index contributed by atoms with van der Waals surface area (Å²) < 4.78 is 14.0. The molecule has 0 aliphatic heterocycles. The lowest BCUT2D eigenvalue weighted by atomic mass is 9.94. The highest BCUT2D eigenvalue weighted by Gasteiger charge is 2.35. The van der Waals surface area contributed by atoms with Crippen LogP contribution in [0.25, 0.3) is 22.2 Å². The predicted molar refractivity (Wildman–Crippen MR) is 159 cm³/mol. The lowest BCUT2D eigenvalue weighted by Gasteiger charge is -2.33. The molecule has 7 heteroatoms.